The molecule has 0 unspecified atom stereocenters. The summed E-state index contributed by atoms with van der Waals surface area (Å²) in [6.07, 6.45) is -11.1. The van der Waals surface area contributed by atoms with Gasteiger partial charge in [-0.2, -0.15) is 26.3 Å². The number of carbonyl (C=O) groups is 1. The van der Waals surface area contributed by atoms with Crippen LogP contribution in [0.25, 0.3) is 0 Å². The maximum absolute atomic E-state index is 12.2. The molecule has 0 bridgehead atoms. The van der Waals surface area contributed by atoms with Crippen LogP contribution in [0.1, 0.15) is 0 Å². The van der Waals surface area contributed by atoms with E-state index in [-0.39, 0.29) is 0 Å². The molecule has 0 aliphatic carbocycles. The lowest BCUT2D eigenvalue weighted by Crippen LogP contribution is -2.58. The van der Waals surface area contributed by atoms with Crippen LogP contribution in [0.2, 0.25) is 0 Å². The quantitative estimate of drug-likeness (QED) is 0.549. The number of carbonyl (C=O) groups excluding carboxylic acids is 1. The third kappa shape index (κ3) is 2.12. The Hall–Kier alpha value is -1.09. The summed E-state index contributed by atoms with van der Waals surface area (Å²) in [6.45, 7) is -1.25. The van der Waals surface area contributed by atoms with Crippen LogP contribution < -0.4 is 0 Å². The molecule has 0 heterocycles. The molecule has 90 valence electrons. The maximum atomic E-state index is 12.2. The predicted octanol–water partition coefficient (Wildman–Crippen LogP) is 2.29. The van der Waals surface area contributed by atoms with Gasteiger partial charge in [-0.15, -0.1) is 0 Å². The molecule has 0 radical (unpaired) electrons. The molecule has 15 heavy (non-hydrogen) atoms. The van der Waals surface area contributed by atoms with Crippen molar-refractivity contribution in [3.63, 3.8) is 0 Å². The van der Waals surface area contributed by atoms with Crippen LogP contribution in [0, 0.1) is 0 Å². The molecule has 0 aromatic heterocycles. The van der Waals surface area contributed by atoms with Crippen LogP contribution in [-0.2, 0) is 9.53 Å². The largest absolute Gasteiger partial charge is 0.473 e. The van der Waals surface area contributed by atoms with Crippen LogP contribution in [-0.4, -0.2) is 30.9 Å². The zero-order chi connectivity index (χ0) is 12.5. The third-order valence-corrected chi connectivity index (χ3v) is 1.25. The molecule has 0 aromatic carbocycles. The minimum atomic E-state index is -6.50. The van der Waals surface area contributed by atoms with Gasteiger partial charge in [-0.25, -0.2) is 8.78 Å². The summed E-state index contributed by atoms with van der Waals surface area (Å²) >= 11 is 0. The second kappa shape index (κ2) is 3.81. The van der Waals surface area contributed by atoms with Gasteiger partial charge in [0.2, 0.25) is 0 Å². The van der Waals surface area contributed by atoms with Gasteiger partial charge < -0.3 is 4.74 Å². The third-order valence-electron chi connectivity index (χ3n) is 1.25. The lowest BCUT2D eigenvalue weighted by molar-refractivity contribution is -0.398. The summed E-state index contributed by atoms with van der Waals surface area (Å²) in [6, 6.07) is 0. The molecule has 0 spiro atoms. The number of hydrogen-bond acceptors (Lipinski definition) is 2. The second-order valence-electron chi connectivity index (χ2n) is 2.23. The first kappa shape index (κ1) is 13.9. The summed E-state index contributed by atoms with van der Waals surface area (Å²) in [5.74, 6) is -12.8. The lowest BCUT2D eigenvalue weighted by Gasteiger charge is -2.29. The number of alkyl halides is 8. The highest BCUT2D eigenvalue weighted by molar-refractivity contribution is 5.38. The van der Waals surface area contributed by atoms with Gasteiger partial charge in [0.15, 0.2) is 0 Å². The number of halogens is 8. The van der Waals surface area contributed by atoms with Gasteiger partial charge in [-0.3, -0.25) is 4.79 Å². The van der Waals surface area contributed by atoms with Gasteiger partial charge in [0.25, 0.3) is 6.47 Å². The Morgan fingerprint density at radius 3 is 1.67 bits per heavy atom. The van der Waals surface area contributed by atoms with Gasteiger partial charge in [0.1, 0.15) is 0 Å². The van der Waals surface area contributed by atoms with E-state index in [9.17, 15) is 39.9 Å². The minimum absolute atomic E-state index is 1.25. The van der Waals surface area contributed by atoms with Crippen LogP contribution in [0.5, 0.6) is 0 Å². The van der Waals surface area contributed by atoms with Crippen molar-refractivity contribution in [3.8, 4) is 0 Å². The Labute approximate surface area is 76.8 Å². The van der Waals surface area contributed by atoms with Crippen LogP contribution >= 0.6 is 0 Å². The molecule has 0 amide bonds. The normalized spacial score (nSPS) is 14.2. The Morgan fingerprint density at radius 2 is 1.40 bits per heavy atom. The molecule has 0 saturated carbocycles. The first-order valence-electron chi connectivity index (χ1n) is 3.03. The highest BCUT2D eigenvalue weighted by atomic mass is 19.4. The summed E-state index contributed by atoms with van der Waals surface area (Å²) in [5, 5.41) is 0. The molecule has 2 nitrogen and oxygen atoms in total. The van der Waals surface area contributed by atoms with Gasteiger partial charge in [0.05, 0.1) is 0 Å². The Morgan fingerprint density at radius 1 is 1.00 bits per heavy atom. The monoisotopic (exact) mass is 246 g/mol. The Kier molecular flexibility index (Phi) is 3.54. The van der Waals surface area contributed by atoms with E-state index < -0.39 is 30.9 Å². The predicted molar refractivity (Wildman–Crippen MR) is 28.0 cm³/mol. The van der Waals surface area contributed by atoms with Crippen molar-refractivity contribution >= 4 is 6.47 Å². The molecule has 0 atom stereocenters. The summed E-state index contributed by atoms with van der Waals surface area (Å²) in [4.78, 5) is 9.30. The first-order valence-corrected chi connectivity index (χ1v) is 3.03. The minimum Gasteiger partial charge on any atom is -0.398 e. The van der Waals surface area contributed by atoms with E-state index in [1.54, 1.807) is 0 Å². The maximum Gasteiger partial charge on any atom is 0.473 e. The molecule has 0 aliphatic rings. The highest BCUT2D eigenvalue weighted by Crippen LogP contribution is 2.48. The van der Waals surface area contributed by atoms with Crippen molar-refractivity contribution in [1.82, 2.24) is 0 Å². The molecule has 0 N–H and O–H groups in total. The van der Waals surface area contributed by atoms with E-state index in [1.807, 2.05) is 0 Å². The number of ether oxygens (including phenoxy) is 1. The summed E-state index contributed by atoms with van der Waals surface area (Å²) < 4.78 is 97.4. The molecule has 10 heteroatoms. The average Bonchev–Trinajstić information content (AvgIpc) is 2.02. The number of hydrogen-bond donors (Lipinski definition) is 0. The van der Waals surface area contributed by atoms with Crippen LogP contribution in [0.4, 0.5) is 35.1 Å². The topological polar surface area (TPSA) is 26.3 Å². The van der Waals surface area contributed by atoms with E-state index in [4.69, 9.17) is 0 Å². The molecule has 0 aromatic rings. The van der Waals surface area contributed by atoms with Gasteiger partial charge in [0, 0.05) is 0 Å². The van der Waals surface area contributed by atoms with Crippen molar-refractivity contribution in [1.29, 1.82) is 0 Å². The smallest absolute Gasteiger partial charge is 0.398 e. The van der Waals surface area contributed by atoms with Crippen molar-refractivity contribution in [2.45, 2.75) is 24.4 Å². The Bertz CT molecular complexity index is 237. The van der Waals surface area contributed by atoms with Gasteiger partial charge >= 0.3 is 24.4 Å². The van der Waals surface area contributed by atoms with E-state index in [0.717, 1.165) is 0 Å². The van der Waals surface area contributed by atoms with Gasteiger partial charge in [-0.05, 0) is 0 Å². The average molecular weight is 246 g/mol. The summed E-state index contributed by atoms with van der Waals surface area (Å²) in [7, 11) is 0. The lowest BCUT2D eigenvalue weighted by atomic mass is 10.1. The molecule has 0 rings (SSSR count). The molecular formula is C5H2F8O2. The second-order valence-corrected chi connectivity index (χ2v) is 2.23. The fourth-order valence-electron chi connectivity index (χ4n) is 0.465. The van der Waals surface area contributed by atoms with E-state index in [1.165, 1.54) is 0 Å². The van der Waals surface area contributed by atoms with Crippen molar-refractivity contribution in [2.75, 3.05) is 0 Å². The SMILES string of the molecule is O=COC(F)(F)C(F)(F)C(F)(F)C(F)F. The fourth-order valence-corrected chi connectivity index (χ4v) is 0.465. The van der Waals surface area contributed by atoms with Gasteiger partial charge in [-0.1, -0.05) is 0 Å². The highest BCUT2D eigenvalue weighted by Gasteiger charge is 2.77. The van der Waals surface area contributed by atoms with Crippen molar-refractivity contribution < 1.29 is 44.7 Å². The Balaban J connectivity index is 5.19. The van der Waals surface area contributed by atoms with E-state index >= 15 is 0 Å². The van der Waals surface area contributed by atoms with Crippen molar-refractivity contribution in [2.24, 2.45) is 0 Å². The van der Waals surface area contributed by atoms with Crippen LogP contribution in [0.3, 0.4) is 0 Å². The summed E-state index contributed by atoms with van der Waals surface area (Å²) in [5.41, 5.74) is 0. The molecule has 0 fully saturated rings. The fraction of sp³-hybridized carbons (Fsp3) is 0.800. The molecule has 0 saturated heterocycles. The van der Waals surface area contributed by atoms with Crippen LogP contribution in [0.15, 0.2) is 0 Å². The zero-order valence-electron chi connectivity index (χ0n) is 6.49. The number of rotatable bonds is 5. The molecular weight excluding hydrogens is 244 g/mol. The van der Waals surface area contributed by atoms with Crippen molar-refractivity contribution in [3.05, 3.63) is 0 Å². The molecule has 0 aliphatic heterocycles. The zero-order valence-corrected chi connectivity index (χ0v) is 6.49. The standard InChI is InChI=1S/C5H2F8O2/c6-2(7)3(8,9)4(10,11)5(12,13)15-1-14/h1-2H. The van der Waals surface area contributed by atoms with E-state index in [2.05, 4.69) is 4.74 Å². The first-order chi connectivity index (χ1) is 6.50. The van der Waals surface area contributed by atoms with E-state index in [0.29, 0.717) is 0 Å².